The number of aldehydes is 1. The van der Waals surface area contributed by atoms with Crippen LogP contribution in [0.15, 0.2) is 36.4 Å². The van der Waals surface area contributed by atoms with Crippen molar-refractivity contribution in [2.75, 3.05) is 0 Å². The Kier molecular flexibility index (Phi) is 5.28. The summed E-state index contributed by atoms with van der Waals surface area (Å²) in [6, 6.07) is 10.4. The predicted octanol–water partition coefficient (Wildman–Crippen LogP) is 4.93. The lowest BCUT2D eigenvalue weighted by Crippen LogP contribution is -2.40. The summed E-state index contributed by atoms with van der Waals surface area (Å²) in [5, 5.41) is 20.1. The summed E-state index contributed by atoms with van der Waals surface area (Å²) in [5.41, 5.74) is 4.27. The molecule has 1 saturated heterocycles. The zero-order valence-electron chi connectivity index (χ0n) is 19.0. The van der Waals surface area contributed by atoms with Crippen LogP contribution >= 0.6 is 0 Å². The van der Waals surface area contributed by atoms with Crippen LogP contribution in [0.2, 0.25) is 0 Å². The van der Waals surface area contributed by atoms with Gasteiger partial charge in [0.1, 0.15) is 28.9 Å². The van der Waals surface area contributed by atoms with Crippen LogP contribution in [-0.4, -0.2) is 16.5 Å². The van der Waals surface area contributed by atoms with Gasteiger partial charge in [0.15, 0.2) is 0 Å². The van der Waals surface area contributed by atoms with E-state index in [0.717, 1.165) is 28.5 Å². The molecule has 0 bridgehead atoms. The number of carbonyl (C=O) groups is 1. The third kappa shape index (κ3) is 3.84. The summed E-state index contributed by atoms with van der Waals surface area (Å²) in [7, 11) is 0. The Morgan fingerprint density at radius 1 is 0.900 bits per heavy atom. The van der Waals surface area contributed by atoms with Crippen molar-refractivity contribution >= 4 is 6.29 Å². The maximum atomic E-state index is 12.5. The van der Waals surface area contributed by atoms with E-state index >= 15 is 0 Å². The first-order valence-electron chi connectivity index (χ1n) is 10.3. The van der Waals surface area contributed by atoms with Crippen molar-refractivity contribution in [3.8, 4) is 11.5 Å². The SMILES string of the molecule is CC(C)(C)c1cc(O)ccc1C1(C=O)CC(C)(c2ccc(O)cc2C(C)(C)C)ON1. The summed E-state index contributed by atoms with van der Waals surface area (Å²) in [4.78, 5) is 18.6. The fraction of sp³-hybridized carbons (Fsp3) is 0.480. The van der Waals surface area contributed by atoms with Gasteiger partial charge in [-0.25, -0.2) is 0 Å². The summed E-state index contributed by atoms with van der Waals surface area (Å²) in [6.45, 7) is 14.4. The van der Waals surface area contributed by atoms with Gasteiger partial charge < -0.3 is 15.0 Å². The van der Waals surface area contributed by atoms with Gasteiger partial charge in [0.05, 0.1) is 0 Å². The quantitative estimate of drug-likeness (QED) is 0.624. The highest BCUT2D eigenvalue weighted by Crippen LogP contribution is 2.48. The summed E-state index contributed by atoms with van der Waals surface area (Å²) in [6.07, 6.45) is 1.28. The second kappa shape index (κ2) is 7.10. The topological polar surface area (TPSA) is 78.8 Å². The molecule has 0 spiro atoms. The van der Waals surface area contributed by atoms with E-state index in [1.807, 2.05) is 13.0 Å². The number of hydrogen-bond acceptors (Lipinski definition) is 5. The van der Waals surface area contributed by atoms with Gasteiger partial charge in [-0.05, 0) is 64.3 Å². The summed E-state index contributed by atoms with van der Waals surface area (Å²) in [5.74, 6) is 0.369. The van der Waals surface area contributed by atoms with Crippen molar-refractivity contribution in [3.63, 3.8) is 0 Å². The molecule has 3 rings (SSSR count). The normalized spacial score (nSPS) is 24.8. The van der Waals surface area contributed by atoms with Crippen molar-refractivity contribution in [2.24, 2.45) is 0 Å². The minimum atomic E-state index is -1.06. The van der Waals surface area contributed by atoms with Gasteiger partial charge in [-0.2, -0.15) is 5.48 Å². The van der Waals surface area contributed by atoms with Crippen LogP contribution in [0, 0.1) is 0 Å². The first kappa shape index (κ1) is 22.3. The summed E-state index contributed by atoms with van der Waals surface area (Å²) >= 11 is 0. The highest BCUT2D eigenvalue weighted by atomic mass is 16.7. The average Bonchev–Trinajstić information content (AvgIpc) is 2.99. The molecule has 0 saturated carbocycles. The number of rotatable bonds is 3. The van der Waals surface area contributed by atoms with E-state index in [2.05, 4.69) is 47.0 Å². The molecule has 1 heterocycles. The van der Waals surface area contributed by atoms with Crippen LogP contribution in [0.25, 0.3) is 0 Å². The average molecular weight is 412 g/mol. The number of hydroxylamine groups is 1. The van der Waals surface area contributed by atoms with Crippen LogP contribution < -0.4 is 5.48 Å². The van der Waals surface area contributed by atoms with Gasteiger partial charge in [-0.3, -0.25) is 4.84 Å². The monoisotopic (exact) mass is 411 g/mol. The van der Waals surface area contributed by atoms with Gasteiger partial charge in [0, 0.05) is 6.42 Å². The molecule has 2 atom stereocenters. The van der Waals surface area contributed by atoms with E-state index in [-0.39, 0.29) is 22.3 Å². The molecule has 2 aromatic rings. The Morgan fingerprint density at radius 3 is 1.83 bits per heavy atom. The second-order valence-corrected chi connectivity index (χ2v) is 10.7. The first-order chi connectivity index (χ1) is 13.7. The van der Waals surface area contributed by atoms with E-state index in [0.29, 0.717) is 6.42 Å². The molecular formula is C25H33NO4. The minimum Gasteiger partial charge on any atom is -0.508 e. The number of phenols is 2. The van der Waals surface area contributed by atoms with Gasteiger partial charge in [0.2, 0.25) is 0 Å². The van der Waals surface area contributed by atoms with Crippen LogP contribution in [-0.2, 0) is 31.6 Å². The molecule has 2 aromatic carbocycles. The Hall–Kier alpha value is -2.37. The molecule has 0 aliphatic carbocycles. The van der Waals surface area contributed by atoms with E-state index in [1.54, 1.807) is 30.3 Å². The molecule has 162 valence electrons. The van der Waals surface area contributed by atoms with Gasteiger partial charge >= 0.3 is 0 Å². The highest BCUT2D eigenvalue weighted by Gasteiger charge is 2.51. The van der Waals surface area contributed by atoms with Crippen molar-refractivity contribution in [1.29, 1.82) is 0 Å². The van der Waals surface area contributed by atoms with Crippen LogP contribution in [0.5, 0.6) is 11.5 Å². The number of carbonyl (C=O) groups excluding carboxylic acids is 1. The molecule has 0 aromatic heterocycles. The first-order valence-corrected chi connectivity index (χ1v) is 10.3. The molecule has 0 radical (unpaired) electrons. The lowest BCUT2D eigenvalue weighted by Gasteiger charge is -2.33. The number of aromatic hydroxyl groups is 2. The third-order valence-corrected chi connectivity index (χ3v) is 5.95. The van der Waals surface area contributed by atoms with Crippen molar-refractivity contribution in [2.45, 2.75) is 76.9 Å². The maximum absolute atomic E-state index is 12.5. The van der Waals surface area contributed by atoms with Gasteiger partial charge in [0.25, 0.3) is 0 Å². The summed E-state index contributed by atoms with van der Waals surface area (Å²) < 4.78 is 0. The molecule has 3 N–H and O–H groups in total. The highest BCUT2D eigenvalue weighted by molar-refractivity contribution is 5.71. The third-order valence-electron chi connectivity index (χ3n) is 5.95. The predicted molar refractivity (Wildman–Crippen MR) is 118 cm³/mol. The maximum Gasteiger partial charge on any atom is 0.146 e. The Labute approximate surface area is 179 Å². The van der Waals surface area contributed by atoms with E-state index in [4.69, 9.17) is 4.84 Å². The number of phenolic OH excluding ortho intramolecular Hbond substituents is 2. The number of benzene rings is 2. The molecule has 2 unspecified atom stereocenters. The van der Waals surface area contributed by atoms with Crippen molar-refractivity contribution in [3.05, 3.63) is 58.7 Å². The standard InChI is InChI=1S/C25H33NO4/c1-22(2,3)20-12-16(28)8-10-18(20)24(7)14-25(15-27,26-30-24)19-11-9-17(29)13-21(19)23(4,5)6/h8-13,15,26,28-29H,14H2,1-7H3. The van der Waals surface area contributed by atoms with Crippen molar-refractivity contribution < 1.29 is 19.8 Å². The van der Waals surface area contributed by atoms with E-state index in [9.17, 15) is 15.0 Å². The van der Waals surface area contributed by atoms with Gasteiger partial charge in [-0.15, -0.1) is 0 Å². The second-order valence-electron chi connectivity index (χ2n) is 10.7. The largest absolute Gasteiger partial charge is 0.508 e. The van der Waals surface area contributed by atoms with Crippen LogP contribution in [0.1, 0.15) is 77.1 Å². The number of hydrogen-bond donors (Lipinski definition) is 3. The molecule has 1 aliphatic heterocycles. The molecule has 5 nitrogen and oxygen atoms in total. The fourth-order valence-electron chi connectivity index (χ4n) is 4.39. The fourth-order valence-corrected chi connectivity index (χ4v) is 4.39. The Bertz CT molecular complexity index is 970. The number of nitrogens with one attached hydrogen (secondary N) is 1. The van der Waals surface area contributed by atoms with Crippen molar-refractivity contribution in [1.82, 2.24) is 5.48 Å². The van der Waals surface area contributed by atoms with Crippen LogP contribution in [0.4, 0.5) is 0 Å². The molecule has 1 fully saturated rings. The van der Waals surface area contributed by atoms with Gasteiger partial charge in [-0.1, -0.05) is 53.7 Å². The molecule has 0 amide bonds. The lowest BCUT2D eigenvalue weighted by atomic mass is 9.71. The molecule has 1 aliphatic rings. The molecule has 5 heteroatoms. The smallest absolute Gasteiger partial charge is 0.146 e. The van der Waals surface area contributed by atoms with E-state index in [1.165, 1.54) is 0 Å². The lowest BCUT2D eigenvalue weighted by molar-refractivity contribution is -0.116. The zero-order chi connectivity index (χ0) is 22.5. The molecule has 30 heavy (non-hydrogen) atoms. The van der Waals surface area contributed by atoms with Crippen LogP contribution in [0.3, 0.4) is 0 Å². The Morgan fingerprint density at radius 2 is 1.37 bits per heavy atom. The minimum absolute atomic E-state index is 0.167. The molecular weight excluding hydrogens is 378 g/mol. The zero-order valence-corrected chi connectivity index (χ0v) is 19.0. The van der Waals surface area contributed by atoms with E-state index < -0.39 is 11.1 Å². The Balaban J connectivity index is 2.15.